The number of aromatic nitrogens is 2. The Morgan fingerprint density at radius 2 is 1.93 bits per heavy atom. The summed E-state index contributed by atoms with van der Waals surface area (Å²) in [4.78, 5) is 23.0. The molecule has 3 aromatic rings. The highest BCUT2D eigenvalue weighted by molar-refractivity contribution is 7.89. The number of nitrogens with zero attached hydrogens (tertiary/aromatic N) is 2. The molecule has 0 aliphatic heterocycles. The highest BCUT2D eigenvalue weighted by Crippen LogP contribution is 2.31. The van der Waals surface area contributed by atoms with Gasteiger partial charge in [0.2, 0.25) is 10.0 Å². The van der Waals surface area contributed by atoms with Crippen LogP contribution in [0.25, 0.3) is 10.2 Å². The van der Waals surface area contributed by atoms with Crippen LogP contribution in [0.2, 0.25) is 0 Å². The summed E-state index contributed by atoms with van der Waals surface area (Å²) in [5, 5.41) is 3.77. The summed E-state index contributed by atoms with van der Waals surface area (Å²) in [5.41, 5.74) is 2.41. The number of hydrogen-bond donors (Lipinski definition) is 2. The maximum Gasteiger partial charge on any atom is 0.261 e. The predicted molar refractivity (Wildman–Crippen MR) is 105 cm³/mol. The molecule has 2 heterocycles. The molecular formula is C18H20N4O3S2. The SMILES string of the molecule is CNS(=O)(=O)c1cccc(CNC(=O)c2sc3nc(C)nc(C)c3c2C)c1. The van der Waals surface area contributed by atoms with Gasteiger partial charge in [0.25, 0.3) is 5.91 Å². The van der Waals surface area contributed by atoms with Crippen molar-refractivity contribution in [3.63, 3.8) is 0 Å². The number of carbonyl (C=O) groups is 1. The van der Waals surface area contributed by atoms with Crippen LogP contribution in [0.4, 0.5) is 0 Å². The molecule has 7 nitrogen and oxygen atoms in total. The van der Waals surface area contributed by atoms with E-state index in [1.807, 2.05) is 20.8 Å². The number of amides is 1. The molecule has 0 atom stereocenters. The number of thiophene rings is 1. The first-order chi connectivity index (χ1) is 12.7. The highest BCUT2D eigenvalue weighted by atomic mass is 32.2. The van der Waals surface area contributed by atoms with Crippen molar-refractivity contribution < 1.29 is 13.2 Å². The van der Waals surface area contributed by atoms with E-state index in [4.69, 9.17) is 0 Å². The lowest BCUT2D eigenvalue weighted by Gasteiger charge is -2.07. The van der Waals surface area contributed by atoms with Crippen LogP contribution in [0.1, 0.15) is 32.3 Å². The Hall–Kier alpha value is -2.36. The van der Waals surface area contributed by atoms with Gasteiger partial charge in [0.15, 0.2) is 0 Å². The number of benzene rings is 1. The third-order valence-corrected chi connectivity index (χ3v) is 6.82. The summed E-state index contributed by atoms with van der Waals surface area (Å²) in [7, 11) is -2.16. The summed E-state index contributed by atoms with van der Waals surface area (Å²) < 4.78 is 26.1. The molecule has 1 aromatic carbocycles. The molecule has 0 spiro atoms. The minimum atomic E-state index is -3.52. The fraction of sp³-hybridized carbons (Fsp3) is 0.278. The third-order valence-electron chi connectivity index (χ3n) is 4.22. The molecule has 0 radical (unpaired) electrons. The maximum absolute atomic E-state index is 12.7. The Labute approximate surface area is 161 Å². The molecule has 3 rings (SSSR count). The van der Waals surface area contributed by atoms with Crippen molar-refractivity contribution >= 4 is 37.5 Å². The zero-order valence-corrected chi connectivity index (χ0v) is 17.1. The first-order valence-electron chi connectivity index (χ1n) is 8.28. The van der Waals surface area contributed by atoms with Crippen molar-refractivity contribution in [1.82, 2.24) is 20.0 Å². The molecule has 0 saturated heterocycles. The van der Waals surface area contributed by atoms with Crippen LogP contribution in [0, 0.1) is 20.8 Å². The van der Waals surface area contributed by atoms with Crippen molar-refractivity contribution in [1.29, 1.82) is 0 Å². The van der Waals surface area contributed by atoms with Gasteiger partial charge in [-0.2, -0.15) is 0 Å². The molecule has 27 heavy (non-hydrogen) atoms. The molecule has 0 fully saturated rings. The van der Waals surface area contributed by atoms with Crippen molar-refractivity contribution in [3.05, 3.63) is 51.8 Å². The minimum absolute atomic E-state index is 0.163. The Morgan fingerprint density at radius 1 is 1.19 bits per heavy atom. The van der Waals surface area contributed by atoms with Crippen LogP contribution in [-0.4, -0.2) is 31.3 Å². The van der Waals surface area contributed by atoms with E-state index in [0.29, 0.717) is 16.3 Å². The molecule has 2 N–H and O–H groups in total. The third kappa shape index (κ3) is 3.85. The molecular weight excluding hydrogens is 384 g/mol. The van der Waals surface area contributed by atoms with Gasteiger partial charge in [-0.25, -0.2) is 23.1 Å². The predicted octanol–water partition coefficient (Wildman–Crippen LogP) is 2.45. The quantitative estimate of drug-likeness (QED) is 0.680. The van der Waals surface area contributed by atoms with Crippen LogP contribution in [0.3, 0.4) is 0 Å². The molecule has 142 valence electrons. The number of rotatable bonds is 5. The zero-order chi connectivity index (χ0) is 19.8. The summed E-state index contributed by atoms with van der Waals surface area (Å²) >= 11 is 1.34. The smallest absolute Gasteiger partial charge is 0.261 e. The van der Waals surface area contributed by atoms with Crippen LogP contribution in [-0.2, 0) is 16.6 Å². The fourth-order valence-electron chi connectivity index (χ4n) is 2.89. The number of sulfonamides is 1. The normalized spacial score (nSPS) is 11.7. The van der Waals surface area contributed by atoms with Gasteiger partial charge in [0.05, 0.1) is 9.77 Å². The lowest BCUT2D eigenvalue weighted by molar-refractivity contribution is 0.0954. The lowest BCUT2D eigenvalue weighted by atomic mass is 10.1. The lowest BCUT2D eigenvalue weighted by Crippen LogP contribution is -2.23. The Bertz CT molecular complexity index is 1140. The average Bonchev–Trinajstić information content (AvgIpc) is 2.96. The van der Waals surface area contributed by atoms with E-state index in [9.17, 15) is 13.2 Å². The van der Waals surface area contributed by atoms with Crippen molar-refractivity contribution in [2.24, 2.45) is 0 Å². The first-order valence-corrected chi connectivity index (χ1v) is 10.6. The molecule has 0 saturated carbocycles. The Balaban J connectivity index is 1.83. The molecule has 9 heteroatoms. The van der Waals surface area contributed by atoms with Gasteiger partial charge < -0.3 is 5.32 Å². The van der Waals surface area contributed by atoms with E-state index in [2.05, 4.69) is 20.0 Å². The molecule has 0 aliphatic rings. The number of aryl methyl sites for hydroxylation is 3. The number of nitrogens with one attached hydrogen (secondary N) is 2. The van der Waals surface area contributed by atoms with E-state index in [1.165, 1.54) is 24.5 Å². The van der Waals surface area contributed by atoms with E-state index in [-0.39, 0.29) is 17.3 Å². The highest BCUT2D eigenvalue weighted by Gasteiger charge is 2.19. The second-order valence-electron chi connectivity index (χ2n) is 6.13. The van der Waals surface area contributed by atoms with E-state index in [1.54, 1.807) is 18.2 Å². The fourth-order valence-corrected chi connectivity index (χ4v) is 4.89. The summed E-state index contributed by atoms with van der Waals surface area (Å²) in [6.07, 6.45) is 0. The standard InChI is InChI=1S/C18H20N4O3S2/c1-10-15-11(2)21-12(3)22-18(15)26-16(10)17(23)20-9-13-6-5-7-14(8-13)27(24,25)19-4/h5-8,19H,9H2,1-4H3,(H,20,23). The summed E-state index contributed by atoms with van der Waals surface area (Å²) in [6, 6.07) is 6.48. The van der Waals surface area contributed by atoms with Gasteiger partial charge in [0, 0.05) is 17.6 Å². The van der Waals surface area contributed by atoms with Gasteiger partial charge in [0.1, 0.15) is 10.7 Å². The van der Waals surface area contributed by atoms with E-state index >= 15 is 0 Å². The minimum Gasteiger partial charge on any atom is -0.347 e. The average molecular weight is 405 g/mol. The summed E-state index contributed by atoms with van der Waals surface area (Å²) in [5.74, 6) is 0.463. The van der Waals surface area contributed by atoms with E-state index in [0.717, 1.165) is 21.5 Å². The van der Waals surface area contributed by atoms with Crippen LogP contribution in [0.15, 0.2) is 29.2 Å². The van der Waals surface area contributed by atoms with Crippen molar-refractivity contribution in [2.45, 2.75) is 32.2 Å². The molecule has 0 unspecified atom stereocenters. The zero-order valence-electron chi connectivity index (χ0n) is 15.5. The van der Waals surface area contributed by atoms with Crippen LogP contribution < -0.4 is 10.0 Å². The number of hydrogen-bond acceptors (Lipinski definition) is 6. The molecule has 2 aromatic heterocycles. The second-order valence-corrected chi connectivity index (χ2v) is 9.02. The summed E-state index contributed by atoms with van der Waals surface area (Å²) in [6.45, 7) is 5.85. The largest absolute Gasteiger partial charge is 0.347 e. The van der Waals surface area contributed by atoms with Crippen molar-refractivity contribution in [2.75, 3.05) is 7.05 Å². The molecule has 0 bridgehead atoms. The Morgan fingerprint density at radius 3 is 2.63 bits per heavy atom. The first kappa shape index (κ1) is 19.4. The molecule has 0 aliphatic carbocycles. The van der Waals surface area contributed by atoms with Gasteiger partial charge in [-0.15, -0.1) is 11.3 Å². The van der Waals surface area contributed by atoms with Gasteiger partial charge in [-0.1, -0.05) is 12.1 Å². The van der Waals surface area contributed by atoms with Gasteiger partial charge in [-0.3, -0.25) is 4.79 Å². The second kappa shape index (κ2) is 7.34. The monoisotopic (exact) mass is 404 g/mol. The van der Waals surface area contributed by atoms with Crippen LogP contribution in [0.5, 0.6) is 0 Å². The topological polar surface area (TPSA) is 101 Å². The molecule has 1 amide bonds. The van der Waals surface area contributed by atoms with Crippen molar-refractivity contribution in [3.8, 4) is 0 Å². The van der Waals surface area contributed by atoms with E-state index < -0.39 is 10.0 Å². The number of fused-ring (bicyclic) bond motifs is 1. The maximum atomic E-state index is 12.7. The van der Waals surface area contributed by atoms with Gasteiger partial charge in [-0.05, 0) is 51.1 Å². The van der Waals surface area contributed by atoms with Crippen LogP contribution >= 0.6 is 11.3 Å². The van der Waals surface area contributed by atoms with Gasteiger partial charge >= 0.3 is 0 Å². The Kier molecular flexibility index (Phi) is 5.27. The number of carbonyl (C=O) groups excluding carboxylic acids is 1.